The van der Waals surface area contributed by atoms with Gasteiger partial charge in [0.25, 0.3) is 0 Å². The van der Waals surface area contributed by atoms with Gasteiger partial charge in [-0.3, -0.25) is 4.57 Å². The summed E-state index contributed by atoms with van der Waals surface area (Å²) in [6.07, 6.45) is 2.45. The summed E-state index contributed by atoms with van der Waals surface area (Å²) in [5.74, 6) is -0.663. The van der Waals surface area contributed by atoms with Gasteiger partial charge in [-0.1, -0.05) is 20.3 Å². The summed E-state index contributed by atoms with van der Waals surface area (Å²) in [4.78, 5) is 17.7. The van der Waals surface area contributed by atoms with E-state index >= 15 is 0 Å². The molecule has 4 nitrogen and oxygen atoms in total. The van der Waals surface area contributed by atoms with E-state index in [1.807, 2.05) is 6.92 Å². The molecule has 3 N–H and O–H groups in total. The van der Waals surface area contributed by atoms with Crippen LogP contribution in [0.3, 0.4) is 0 Å². The minimum Gasteiger partial charge on any atom is -0.323 e. The Balaban J connectivity index is 3.77. The first kappa shape index (κ1) is 12.1. The Morgan fingerprint density at radius 2 is 2.00 bits per heavy atom. The maximum Gasteiger partial charge on any atom is 0.342 e. The zero-order chi connectivity index (χ0) is 9.61. The maximum atomic E-state index is 10.8. The number of hydrogen-bond acceptors (Lipinski definition) is 2. The molecule has 0 bridgehead atoms. The van der Waals surface area contributed by atoms with Crippen LogP contribution in [-0.2, 0) is 4.57 Å². The van der Waals surface area contributed by atoms with Gasteiger partial charge in [-0.2, -0.15) is 0 Å². The number of nitrogens with one attached hydrogen (secondary N) is 1. The van der Waals surface area contributed by atoms with Gasteiger partial charge in [0.15, 0.2) is 0 Å². The van der Waals surface area contributed by atoms with E-state index in [1.54, 1.807) is 6.92 Å². The second kappa shape index (κ2) is 5.70. The van der Waals surface area contributed by atoms with Gasteiger partial charge >= 0.3 is 7.60 Å². The Morgan fingerprint density at radius 3 is 2.33 bits per heavy atom. The molecule has 0 heterocycles. The lowest BCUT2D eigenvalue weighted by Crippen LogP contribution is -2.29. The summed E-state index contributed by atoms with van der Waals surface area (Å²) >= 11 is 0. The van der Waals surface area contributed by atoms with E-state index in [0.29, 0.717) is 13.0 Å². The van der Waals surface area contributed by atoms with Gasteiger partial charge in [0.05, 0.1) is 0 Å². The molecule has 74 valence electrons. The minimum absolute atomic E-state index is 0.466. The molecular formula is C7H18NO3P. The molecule has 0 fully saturated rings. The largest absolute Gasteiger partial charge is 0.342 e. The summed E-state index contributed by atoms with van der Waals surface area (Å²) in [7, 11) is -3.93. The first-order valence-corrected chi connectivity index (χ1v) is 5.99. The zero-order valence-corrected chi connectivity index (χ0v) is 8.55. The third-order valence-electron chi connectivity index (χ3n) is 1.70. The lowest BCUT2D eigenvalue weighted by atomic mass is 10.3. The van der Waals surface area contributed by atoms with Crippen molar-refractivity contribution >= 4 is 7.60 Å². The predicted octanol–water partition coefficient (Wildman–Crippen LogP) is 1.29. The summed E-state index contributed by atoms with van der Waals surface area (Å²) in [5, 5.41) is 2.85. The van der Waals surface area contributed by atoms with Gasteiger partial charge in [-0.15, -0.1) is 0 Å². The van der Waals surface area contributed by atoms with Crippen molar-refractivity contribution in [3.05, 3.63) is 0 Å². The smallest absolute Gasteiger partial charge is 0.323 e. The molecule has 1 atom stereocenters. The van der Waals surface area contributed by atoms with Crippen molar-refractivity contribution in [1.29, 1.82) is 0 Å². The average Bonchev–Trinajstić information content (AvgIpc) is 1.95. The topological polar surface area (TPSA) is 69.6 Å². The molecule has 5 heteroatoms. The Kier molecular flexibility index (Phi) is 5.76. The lowest BCUT2D eigenvalue weighted by Gasteiger charge is -2.17. The Morgan fingerprint density at radius 1 is 1.42 bits per heavy atom. The van der Waals surface area contributed by atoms with E-state index in [2.05, 4.69) is 5.32 Å². The van der Waals surface area contributed by atoms with Crippen molar-refractivity contribution in [2.45, 2.75) is 38.9 Å². The number of rotatable bonds is 6. The van der Waals surface area contributed by atoms with E-state index in [-0.39, 0.29) is 0 Å². The first-order valence-electron chi connectivity index (χ1n) is 4.31. The van der Waals surface area contributed by atoms with Crippen molar-refractivity contribution in [3.63, 3.8) is 0 Å². The molecule has 12 heavy (non-hydrogen) atoms. The molecule has 0 aliphatic rings. The molecule has 0 aliphatic carbocycles. The van der Waals surface area contributed by atoms with Crippen LogP contribution in [0.5, 0.6) is 0 Å². The number of hydrogen-bond donors (Lipinski definition) is 3. The fourth-order valence-corrected chi connectivity index (χ4v) is 1.79. The molecule has 0 aliphatic heterocycles. The van der Waals surface area contributed by atoms with Crippen molar-refractivity contribution in [2.75, 3.05) is 6.54 Å². The van der Waals surface area contributed by atoms with Crippen LogP contribution in [0, 0.1) is 0 Å². The van der Waals surface area contributed by atoms with E-state index in [0.717, 1.165) is 12.8 Å². The Hall–Kier alpha value is 0.110. The third kappa shape index (κ3) is 4.88. The first-order chi connectivity index (χ1) is 5.52. The van der Waals surface area contributed by atoms with Crippen molar-refractivity contribution in [2.24, 2.45) is 0 Å². The van der Waals surface area contributed by atoms with Crippen LogP contribution in [0.1, 0.15) is 33.1 Å². The average molecular weight is 195 g/mol. The van der Waals surface area contributed by atoms with Crippen LogP contribution in [0.25, 0.3) is 0 Å². The molecule has 0 aromatic rings. The molecular weight excluding hydrogens is 177 g/mol. The Labute approximate surface area is 73.5 Å². The highest BCUT2D eigenvalue weighted by Crippen LogP contribution is 2.40. The second-order valence-corrected chi connectivity index (χ2v) is 4.62. The molecule has 0 spiro atoms. The third-order valence-corrected chi connectivity index (χ3v) is 3.06. The summed E-state index contributed by atoms with van der Waals surface area (Å²) in [6.45, 7) is 4.49. The SMILES string of the molecule is CCCCNC(CC)P(=O)(O)O. The van der Waals surface area contributed by atoms with Gasteiger partial charge in [0.2, 0.25) is 0 Å². The van der Waals surface area contributed by atoms with Crippen LogP contribution >= 0.6 is 7.60 Å². The van der Waals surface area contributed by atoms with Crippen molar-refractivity contribution in [3.8, 4) is 0 Å². The quantitative estimate of drug-likeness (QED) is 0.441. The van der Waals surface area contributed by atoms with Gasteiger partial charge in [-0.05, 0) is 19.4 Å². The maximum absolute atomic E-state index is 10.8. The van der Waals surface area contributed by atoms with Gasteiger partial charge in [0, 0.05) is 0 Å². The highest BCUT2D eigenvalue weighted by Gasteiger charge is 2.25. The van der Waals surface area contributed by atoms with E-state index in [1.165, 1.54) is 0 Å². The van der Waals surface area contributed by atoms with E-state index in [9.17, 15) is 4.57 Å². The molecule has 0 aromatic carbocycles. The van der Waals surface area contributed by atoms with Crippen LogP contribution in [0.15, 0.2) is 0 Å². The molecule has 0 saturated carbocycles. The van der Waals surface area contributed by atoms with Gasteiger partial charge < -0.3 is 15.1 Å². The molecule has 0 saturated heterocycles. The second-order valence-electron chi connectivity index (χ2n) is 2.82. The molecule has 1 unspecified atom stereocenters. The predicted molar refractivity (Wildman–Crippen MR) is 49.0 cm³/mol. The van der Waals surface area contributed by atoms with Gasteiger partial charge in [0.1, 0.15) is 5.78 Å². The lowest BCUT2D eigenvalue weighted by molar-refractivity contribution is 0.343. The summed E-state index contributed by atoms with van der Waals surface area (Å²) in [5.41, 5.74) is 0. The highest BCUT2D eigenvalue weighted by molar-refractivity contribution is 7.52. The zero-order valence-electron chi connectivity index (χ0n) is 7.66. The fraction of sp³-hybridized carbons (Fsp3) is 1.00. The monoisotopic (exact) mass is 195 g/mol. The summed E-state index contributed by atoms with van der Waals surface area (Å²) in [6, 6.07) is 0. The highest BCUT2D eigenvalue weighted by atomic mass is 31.2. The van der Waals surface area contributed by atoms with Crippen LogP contribution < -0.4 is 5.32 Å². The van der Waals surface area contributed by atoms with Crippen LogP contribution in [0.4, 0.5) is 0 Å². The van der Waals surface area contributed by atoms with Crippen molar-refractivity contribution in [1.82, 2.24) is 5.32 Å². The normalized spacial score (nSPS) is 14.7. The van der Waals surface area contributed by atoms with Crippen LogP contribution in [-0.4, -0.2) is 22.1 Å². The summed E-state index contributed by atoms with van der Waals surface area (Å²) < 4.78 is 10.8. The van der Waals surface area contributed by atoms with Crippen LogP contribution in [0.2, 0.25) is 0 Å². The number of unbranched alkanes of at least 4 members (excludes halogenated alkanes) is 1. The van der Waals surface area contributed by atoms with E-state index < -0.39 is 13.4 Å². The van der Waals surface area contributed by atoms with E-state index in [4.69, 9.17) is 9.79 Å². The standard InChI is InChI=1S/C7H18NO3P/c1-3-5-6-8-7(4-2)12(9,10)11/h7-8H,3-6H2,1-2H3,(H2,9,10,11). The molecule has 0 radical (unpaired) electrons. The Bertz CT molecular complexity index is 157. The molecule has 0 amide bonds. The molecule has 0 aromatic heterocycles. The van der Waals surface area contributed by atoms with Crippen molar-refractivity contribution < 1.29 is 14.4 Å². The minimum atomic E-state index is -3.93. The fourth-order valence-electron chi connectivity index (χ4n) is 0.947. The molecule has 0 rings (SSSR count). The van der Waals surface area contributed by atoms with Gasteiger partial charge in [-0.25, -0.2) is 0 Å².